The summed E-state index contributed by atoms with van der Waals surface area (Å²) in [5.41, 5.74) is 0. The van der Waals surface area contributed by atoms with Crippen molar-refractivity contribution in [2.24, 2.45) is 0 Å². The van der Waals surface area contributed by atoms with E-state index in [0.717, 1.165) is 6.42 Å². The van der Waals surface area contributed by atoms with Crippen LogP contribution in [0.25, 0.3) is 0 Å². The summed E-state index contributed by atoms with van der Waals surface area (Å²) in [6.07, 6.45) is 5.49. The van der Waals surface area contributed by atoms with Gasteiger partial charge in [0.1, 0.15) is 6.10 Å². The third kappa shape index (κ3) is 9.52. The van der Waals surface area contributed by atoms with Crippen molar-refractivity contribution in [3.05, 3.63) is 0 Å². The van der Waals surface area contributed by atoms with E-state index in [1.54, 1.807) is 6.92 Å². The number of aliphatic hydroxyl groups excluding tert-OH is 1. The second-order valence-electron chi connectivity index (χ2n) is 2.81. The van der Waals surface area contributed by atoms with Gasteiger partial charge in [-0.05, 0) is 13.3 Å². The average molecular weight is 154 g/mol. The first-order valence-electron chi connectivity index (χ1n) is 4.43. The molecule has 0 aromatic carbocycles. The van der Waals surface area contributed by atoms with E-state index in [1.165, 1.54) is 25.7 Å². The fourth-order valence-electron chi connectivity index (χ4n) is 0.860. The number of unbranched alkanes of at least 4 members (excludes halogenated alkanes) is 4. The van der Waals surface area contributed by atoms with E-state index in [9.17, 15) is 0 Å². The normalized spacial score (nSPS) is 11.9. The zero-order valence-electron chi connectivity index (χ0n) is 7.56. The van der Waals surface area contributed by atoms with Gasteiger partial charge in [0.2, 0.25) is 0 Å². The van der Waals surface area contributed by atoms with E-state index >= 15 is 0 Å². The van der Waals surface area contributed by atoms with Crippen LogP contribution < -0.4 is 0 Å². The van der Waals surface area contributed by atoms with Gasteiger partial charge >= 0.3 is 0 Å². The molecule has 0 saturated heterocycles. The summed E-state index contributed by atoms with van der Waals surface area (Å²) in [6, 6.07) is 0. The van der Waals surface area contributed by atoms with Gasteiger partial charge in [0, 0.05) is 6.42 Å². The van der Waals surface area contributed by atoms with Crippen molar-refractivity contribution in [1.29, 1.82) is 0 Å². The van der Waals surface area contributed by atoms with Crippen LogP contribution in [0, 0.1) is 11.8 Å². The van der Waals surface area contributed by atoms with E-state index in [-0.39, 0.29) is 0 Å². The van der Waals surface area contributed by atoms with Gasteiger partial charge in [-0.2, -0.15) is 0 Å². The first-order valence-corrected chi connectivity index (χ1v) is 4.43. The summed E-state index contributed by atoms with van der Waals surface area (Å²) < 4.78 is 0. The molecule has 0 rings (SSSR count). The lowest BCUT2D eigenvalue weighted by Gasteiger charge is -1.92. The molecule has 0 aliphatic carbocycles. The molecule has 0 bridgehead atoms. The molecule has 0 unspecified atom stereocenters. The third-order valence-electron chi connectivity index (χ3n) is 1.47. The highest BCUT2D eigenvalue weighted by Gasteiger charge is 1.85. The van der Waals surface area contributed by atoms with Gasteiger partial charge in [-0.1, -0.05) is 32.1 Å². The molecule has 0 fully saturated rings. The van der Waals surface area contributed by atoms with Crippen LogP contribution in [-0.2, 0) is 0 Å². The Hall–Kier alpha value is -0.480. The molecule has 0 heterocycles. The Kier molecular flexibility index (Phi) is 7.29. The fourth-order valence-corrected chi connectivity index (χ4v) is 0.860. The lowest BCUT2D eigenvalue weighted by Crippen LogP contribution is -1.92. The maximum atomic E-state index is 8.78. The summed E-state index contributed by atoms with van der Waals surface area (Å²) in [6.45, 7) is 3.89. The summed E-state index contributed by atoms with van der Waals surface area (Å²) in [5, 5.41) is 8.78. The highest BCUT2D eigenvalue weighted by molar-refractivity contribution is 5.02. The maximum absolute atomic E-state index is 8.78. The smallest absolute Gasteiger partial charge is 0.111 e. The zero-order valence-corrected chi connectivity index (χ0v) is 7.56. The molecule has 64 valence electrons. The minimum atomic E-state index is -0.457. The van der Waals surface area contributed by atoms with E-state index in [0.29, 0.717) is 0 Å². The van der Waals surface area contributed by atoms with Crippen LogP contribution in [-0.4, -0.2) is 11.2 Å². The molecule has 1 heteroatoms. The molecular formula is C10H18O. The Bertz CT molecular complexity index is 128. The second-order valence-corrected chi connectivity index (χ2v) is 2.81. The molecule has 0 aliphatic heterocycles. The molecule has 0 aliphatic rings. The molecule has 1 atom stereocenters. The predicted molar refractivity (Wildman–Crippen MR) is 48.2 cm³/mol. The minimum Gasteiger partial charge on any atom is -0.381 e. The van der Waals surface area contributed by atoms with Gasteiger partial charge in [0.05, 0.1) is 0 Å². The van der Waals surface area contributed by atoms with Crippen molar-refractivity contribution in [1.82, 2.24) is 0 Å². The van der Waals surface area contributed by atoms with E-state index in [2.05, 4.69) is 18.8 Å². The lowest BCUT2D eigenvalue weighted by atomic mass is 10.1. The van der Waals surface area contributed by atoms with Crippen molar-refractivity contribution < 1.29 is 5.11 Å². The van der Waals surface area contributed by atoms with Crippen LogP contribution in [0.1, 0.15) is 46.0 Å². The average Bonchev–Trinajstić information content (AvgIpc) is 1.96. The number of hydrogen-bond donors (Lipinski definition) is 1. The summed E-state index contributed by atoms with van der Waals surface area (Å²) in [7, 11) is 0. The molecule has 1 nitrogen and oxygen atoms in total. The number of hydrogen-bond acceptors (Lipinski definition) is 1. The third-order valence-corrected chi connectivity index (χ3v) is 1.47. The topological polar surface area (TPSA) is 20.2 Å². The number of rotatable bonds is 4. The van der Waals surface area contributed by atoms with Crippen LogP contribution in [0.2, 0.25) is 0 Å². The molecule has 0 radical (unpaired) electrons. The predicted octanol–water partition coefficient (Wildman–Crippen LogP) is 2.34. The van der Waals surface area contributed by atoms with Crippen molar-refractivity contribution in [3.63, 3.8) is 0 Å². The highest BCUT2D eigenvalue weighted by atomic mass is 16.3. The Morgan fingerprint density at radius 3 is 2.55 bits per heavy atom. The molecule has 0 amide bonds. The summed E-state index contributed by atoms with van der Waals surface area (Å²) in [4.78, 5) is 0. The van der Waals surface area contributed by atoms with Gasteiger partial charge in [-0.25, -0.2) is 0 Å². The molecule has 11 heavy (non-hydrogen) atoms. The zero-order chi connectivity index (χ0) is 8.53. The maximum Gasteiger partial charge on any atom is 0.111 e. The van der Waals surface area contributed by atoms with Crippen LogP contribution in [0.15, 0.2) is 0 Å². The van der Waals surface area contributed by atoms with E-state index in [1.807, 2.05) is 0 Å². The van der Waals surface area contributed by atoms with Crippen molar-refractivity contribution in [2.75, 3.05) is 0 Å². The van der Waals surface area contributed by atoms with E-state index < -0.39 is 6.10 Å². The Labute approximate surface area is 69.8 Å². The van der Waals surface area contributed by atoms with Crippen molar-refractivity contribution in [2.45, 2.75) is 52.1 Å². The number of aliphatic hydroxyl groups is 1. The second kappa shape index (κ2) is 7.63. The van der Waals surface area contributed by atoms with E-state index in [4.69, 9.17) is 5.11 Å². The fraction of sp³-hybridized carbons (Fsp3) is 0.800. The largest absolute Gasteiger partial charge is 0.381 e. The van der Waals surface area contributed by atoms with Gasteiger partial charge in [0.15, 0.2) is 0 Å². The lowest BCUT2D eigenvalue weighted by molar-refractivity contribution is 0.253. The Balaban J connectivity index is 3.09. The van der Waals surface area contributed by atoms with Crippen LogP contribution >= 0.6 is 0 Å². The molecule has 0 saturated carbocycles. The Morgan fingerprint density at radius 1 is 1.27 bits per heavy atom. The minimum absolute atomic E-state index is 0.457. The van der Waals surface area contributed by atoms with Gasteiger partial charge < -0.3 is 5.11 Å². The summed E-state index contributed by atoms with van der Waals surface area (Å²) in [5.74, 6) is 5.67. The molecule has 0 aromatic rings. The van der Waals surface area contributed by atoms with Crippen LogP contribution in [0.3, 0.4) is 0 Å². The molecule has 0 aromatic heterocycles. The van der Waals surface area contributed by atoms with Crippen molar-refractivity contribution >= 4 is 0 Å². The quantitative estimate of drug-likeness (QED) is 0.487. The standard InChI is InChI=1S/C10H18O/c1-3-4-5-6-7-8-9-10(2)11/h10-11H,3-7H2,1-2H3/t10-/m0/s1. The first-order chi connectivity index (χ1) is 5.27. The van der Waals surface area contributed by atoms with Gasteiger partial charge in [-0.15, -0.1) is 5.92 Å². The Morgan fingerprint density at radius 2 is 2.00 bits per heavy atom. The van der Waals surface area contributed by atoms with Gasteiger partial charge in [-0.3, -0.25) is 0 Å². The first kappa shape index (κ1) is 10.5. The molecule has 1 N–H and O–H groups in total. The summed E-state index contributed by atoms with van der Waals surface area (Å²) >= 11 is 0. The molecular weight excluding hydrogens is 136 g/mol. The van der Waals surface area contributed by atoms with Crippen LogP contribution in [0.5, 0.6) is 0 Å². The van der Waals surface area contributed by atoms with Gasteiger partial charge in [0.25, 0.3) is 0 Å². The van der Waals surface area contributed by atoms with Crippen molar-refractivity contribution in [3.8, 4) is 11.8 Å². The molecule has 0 spiro atoms. The monoisotopic (exact) mass is 154 g/mol. The van der Waals surface area contributed by atoms with Crippen LogP contribution in [0.4, 0.5) is 0 Å². The highest BCUT2D eigenvalue weighted by Crippen LogP contribution is 2.00. The SMILES string of the molecule is CCCCCCC#C[C@H](C)O.